The Morgan fingerprint density at radius 2 is 1.75 bits per heavy atom. The van der Waals surface area contributed by atoms with Crippen LogP contribution in [0.4, 0.5) is 0 Å². The van der Waals surface area contributed by atoms with Crippen molar-refractivity contribution >= 4 is 0 Å². The van der Waals surface area contributed by atoms with Crippen molar-refractivity contribution in [1.29, 1.82) is 0 Å². The molecule has 2 aromatic rings. The topological polar surface area (TPSA) is 48.1 Å². The summed E-state index contributed by atoms with van der Waals surface area (Å²) in [5, 5.41) is 0. The summed E-state index contributed by atoms with van der Waals surface area (Å²) in [6.07, 6.45) is 0. The molecule has 106 valence electrons. The average molecular weight is 270 g/mol. The van der Waals surface area contributed by atoms with Crippen molar-refractivity contribution in [3.63, 3.8) is 0 Å². The van der Waals surface area contributed by atoms with Crippen LogP contribution < -0.4 is 10.5 Å². The molecule has 0 aliphatic carbocycles. The monoisotopic (exact) mass is 270 g/mol. The number of hydrogen-bond acceptors (Lipinski definition) is 3. The second-order valence-electron chi connectivity index (χ2n) is 5.89. The lowest BCUT2D eigenvalue weighted by Gasteiger charge is -2.19. The summed E-state index contributed by atoms with van der Waals surface area (Å²) in [5.41, 5.74) is 8.83. The van der Waals surface area contributed by atoms with Crippen molar-refractivity contribution in [1.82, 2.24) is 4.98 Å². The molecule has 0 bridgehead atoms. The lowest BCUT2D eigenvalue weighted by atomic mass is 9.91. The number of hydrogen-bond donors (Lipinski definition) is 1. The Bertz CT molecular complexity index is 559. The van der Waals surface area contributed by atoms with Gasteiger partial charge in [-0.05, 0) is 11.6 Å². The minimum Gasteiger partial charge on any atom is -0.473 e. The fourth-order valence-electron chi connectivity index (χ4n) is 1.89. The molecule has 0 fully saturated rings. The Morgan fingerprint density at radius 3 is 2.35 bits per heavy atom. The molecule has 20 heavy (non-hydrogen) atoms. The largest absolute Gasteiger partial charge is 0.473 e. The van der Waals surface area contributed by atoms with Gasteiger partial charge < -0.3 is 10.5 Å². The fourth-order valence-corrected chi connectivity index (χ4v) is 1.89. The van der Waals surface area contributed by atoms with Crippen LogP contribution in [0.5, 0.6) is 5.88 Å². The summed E-state index contributed by atoms with van der Waals surface area (Å²) in [4.78, 5) is 4.63. The second kappa shape index (κ2) is 6.06. The third-order valence-electron chi connectivity index (χ3n) is 3.15. The summed E-state index contributed by atoms with van der Waals surface area (Å²) in [6.45, 7) is 7.35. The molecular weight excluding hydrogens is 248 g/mol. The molecule has 0 radical (unpaired) electrons. The molecule has 3 nitrogen and oxygen atoms in total. The first-order valence-corrected chi connectivity index (χ1v) is 6.88. The third-order valence-corrected chi connectivity index (χ3v) is 3.15. The molecule has 3 heteroatoms. The van der Waals surface area contributed by atoms with Crippen LogP contribution in [0.1, 0.15) is 37.6 Å². The second-order valence-corrected chi connectivity index (χ2v) is 5.89. The normalized spacial score (nSPS) is 11.4. The highest BCUT2D eigenvalue weighted by molar-refractivity contribution is 5.31. The van der Waals surface area contributed by atoms with Crippen LogP contribution in [0.25, 0.3) is 0 Å². The van der Waals surface area contributed by atoms with Crippen molar-refractivity contribution in [3.8, 4) is 5.88 Å². The zero-order valence-corrected chi connectivity index (χ0v) is 12.4. The van der Waals surface area contributed by atoms with Gasteiger partial charge in [-0.1, -0.05) is 57.2 Å². The van der Waals surface area contributed by atoms with Gasteiger partial charge in [0.15, 0.2) is 0 Å². The molecule has 0 saturated heterocycles. The molecule has 0 aliphatic heterocycles. The highest BCUT2D eigenvalue weighted by atomic mass is 16.5. The number of rotatable bonds is 4. The molecule has 0 amide bonds. The van der Waals surface area contributed by atoms with E-state index in [-0.39, 0.29) is 5.41 Å². The zero-order valence-electron chi connectivity index (χ0n) is 12.4. The number of nitrogens with two attached hydrogens (primary N) is 1. The molecule has 2 N–H and O–H groups in total. The van der Waals surface area contributed by atoms with Crippen molar-refractivity contribution < 1.29 is 4.74 Å². The van der Waals surface area contributed by atoms with E-state index in [0.717, 1.165) is 16.8 Å². The maximum atomic E-state index is 5.86. The predicted octanol–water partition coefficient (Wildman–Crippen LogP) is 3.42. The van der Waals surface area contributed by atoms with Gasteiger partial charge in [0, 0.05) is 23.2 Å². The Kier molecular flexibility index (Phi) is 4.40. The maximum absolute atomic E-state index is 5.86. The van der Waals surface area contributed by atoms with E-state index in [1.165, 1.54) is 0 Å². The quantitative estimate of drug-likeness (QED) is 0.926. The van der Waals surface area contributed by atoms with E-state index in [4.69, 9.17) is 10.5 Å². The number of benzene rings is 1. The smallest absolute Gasteiger partial charge is 0.218 e. The summed E-state index contributed by atoms with van der Waals surface area (Å²) >= 11 is 0. The highest BCUT2D eigenvalue weighted by Crippen LogP contribution is 2.25. The van der Waals surface area contributed by atoms with Gasteiger partial charge >= 0.3 is 0 Å². The van der Waals surface area contributed by atoms with Crippen LogP contribution >= 0.6 is 0 Å². The minimum atomic E-state index is -0.00200. The van der Waals surface area contributed by atoms with Crippen molar-refractivity contribution in [2.24, 2.45) is 5.73 Å². The van der Waals surface area contributed by atoms with Crippen LogP contribution in [0.15, 0.2) is 42.5 Å². The van der Waals surface area contributed by atoms with E-state index in [1.54, 1.807) is 0 Å². The van der Waals surface area contributed by atoms with E-state index >= 15 is 0 Å². The lowest BCUT2D eigenvalue weighted by Crippen LogP contribution is -2.15. The van der Waals surface area contributed by atoms with E-state index in [0.29, 0.717) is 19.0 Å². The molecule has 0 spiro atoms. The Morgan fingerprint density at radius 1 is 1.05 bits per heavy atom. The van der Waals surface area contributed by atoms with Gasteiger partial charge in [0.05, 0.1) is 0 Å². The Balaban J connectivity index is 2.21. The summed E-state index contributed by atoms with van der Waals surface area (Å²) in [5.74, 6) is 0.642. The first-order valence-electron chi connectivity index (χ1n) is 6.88. The summed E-state index contributed by atoms with van der Waals surface area (Å²) in [6, 6.07) is 14.1. The molecule has 2 rings (SSSR count). The number of ether oxygens (including phenoxy) is 1. The standard InChI is InChI=1S/C17H22N2O/c1-17(2,3)15-10-9-14(11-18)16(19-15)20-12-13-7-5-4-6-8-13/h4-10H,11-12,18H2,1-3H3. The Hall–Kier alpha value is -1.87. The van der Waals surface area contributed by atoms with E-state index in [2.05, 4.69) is 25.8 Å². The van der Waals surface area contributed by atoms with Gasteiger partial charge in [0.1, 0.15) is 6.61 Å². The fraction of sp³-hybridized carbons (Fsp3) is 0.353. The number of pyridine rings is 1. The first-order chi connectivity index (χ1) is 9.50. The molecule has 0 saturated carbocycles. The molecule has 1 aromatic carbocycles. The molecule has 0 aliphatic rings. The zero-order chi connectivity index (χ0) is 14.6. The van der Waals surface area contributed by atoms with Gasteiger partial charge in [0.2, 0.25) is 5.88 Å². The lowest BCUT2D eigenvalue weighted by molar-refractivity contribution is 0.288. The van der Waals surface area contributed by atoms with E-state index < -0.39 is 0 Å². The number of nitrogens with zero attached hydrogens (tertiary/aromatic N) is 1. The molecule has 0 atom stereocenters. The van der Waals surface area contributed by atoms with Gasteiger partial charge in [0.25, 0.3) is 0 Å². The van der Waals surface area contributed by atoms with Crippen molar-refractivity contribution in [3.05, 3.63) is 59.3 Å². The Labute approximate surface area is 120 Å². The van der Waals surface area contributed by atoms with Gasteiger partial charge in [-0.2, -0.15) is 0 Å². The van der Waals surface area contributed by atoms with Crippen LogP contribution in [0.2, 0.25) is 0 Å². The van der Waals surface area contributed by atoms with Crippen LogP contribution in [-0.4, -0.2) is 4.98 Å². The van der Waals surface area contributed by atoms with Gasteiger partial charge in [-0.15, -0.1) is 0 Å². The van der Waals surface area contributed by atoms with Gasteiger partial charge in [-0.25, -0.2) is 4.98 Å². The molecule has 1 heterocycles. The number of aromatic nitrogens is 1. The van der Waals surface area contributed by atoms with Gasteiger partial charge in [-0.3, -0.25) is 0 Å². The van der Waals surface area contributed by atoms with E-state index in [9.17, 15) is 0 Å². The van der Waals surface area contributed by atoms with E-state index in [1.807, 2.05) is 42.5 Å². The summed E-state index contributed by atoms with van der Waals surface area (Å²) in [7, 11) is 0. The first kappa shape index (κ1) is 14.5. The van der Waals surface area contributed by atoms with Crippen LogP contribution in [0.3, 0.4) is 0 Å². The highest BCUT2D eigenvalue weighted by Gasteiger charge is 2.17. The molecule has 0 unspecified atom stereocenters. The maximum Gasteiger partial charge on any atom is 0.218 e. The summed E-state index contributed by atoms with van der Waals surface area (Å²) < 4.78 is 5.86. The average Bonchev–Trinajstić information content (AvgIpc) is 2.45. The van der Waals surface area contributed by atoms with Crippen molar-refractivity contribution in [2.45, 2.75) is 39.3 Å². The van der Waals surface area contributed by atoms with Crippen molar-refractivity contribution in [2.75, 3.05) is 0 Å². The SMILES string of the molecule is CC(C)(C)c1ccc(CN)c(OCc2ccccc2)n1. The molecule has 1 aromatic heterocycles. The minimum absolute atomic E-state index is 0.00200. The van der Waals surface area contributed by atoms with Crippen LogP contribution in [-0.2, 0) is 18.6 Å². The molecular formula is C17H22N2O. The predicted molar refractivity (Wildman–Crippen MR) is 81.6 cm³/mol. The third kappa shape index (κ3) is 3.58. The van der Waals surface area contributed by atoms with Crippen LogP contribution in [0, 0.1) is 0 Å².